The number of anilines is 1. The minimum atomic E-state index is 0.478. The third-order valence-corrected chi connectivity index (χ3v) is 2.57. The zero-order chi connectivity index (χ0) is 11.4. The van der Waals surface area contributed by atoms with Crippen LogP contribution < -0.4 is 19.7 Å². The normalized spacial score (nSPS) is 16.0. The molecule has 0 atom stereocenters. The predicted octanol–water partition coefficient (Wildman–Crippen LogP) is -0.0966. The van der Waals surface area contributed by atoms with Crippen LogP contribution in [0.3, 0.4) is 0 Å². The van der Waals surface area contributed by atoms with Crippen molar-refractivity contribution < 1.29 is 9.47 Å². The van der Waals surface area contributed by atoms with E-state index in [-0.39, 0.29) is 0 Å². The van der Waals surface area contributed by atoms with E-state index < -0.39 is 0 Å². The first kappa shape index (κ1) is 10.9. The summed E-state index contributed by atoms with van der Waals surface area (Å²) in [5, 5.41) is 3.29. The molecule has 1 aromatic heterocycles. The van der Waals surface area contributed by atoms with Gasteiger partial charge in [-0.2, -0.15) is 4.98 Å². The van der Waals surface area contributed by atoms with Gasteiger partial charge in [0.1, 0.15) is 6.33 Å². The van der Waals surface area contributed by atoms with E-state index in [1.165, 1.54) is 6.33 Å². The molecule has 1 aliphatic heterocycles. The number of nitrogens with zero attached hydrogens (tertiary/aromatic N) is 3. The summed E-state index contributed by atoms with van der Waals surface area (Å²) in [4.78, 5) is 10.5. The third kappa shape index (κ3) is 2.01. The second-order valence-electron chi connectivity index (χ2n) is 3.48. The minimum absolute atomic E-state index is 0.478. The third-order valence-electron chi connectivity index (χ3n) is 2.57. The second kappa shape index (κ2) is 4.98. The van der Waals surface area contributed by atoms with Gasteiger partial charge in [-0.1, -0.05) is 0 Å². The minimum Gasteiger partial charge on any atom is -0.489 e. The van der Waals surface area contributed by atoms with Crippen LogP contribution in [-0.4, -0.2) is 50.4 Å². The van der Waals surface area contributed by atoms with Crippen molar-refractivity contribution in [2.24, 2.45) is 0 Å². The summed E-state index contributed by atoms with van der Waals surface area (Å²) in [6, 6.07) is 0. The van der Waals surface area contributed by atoms with E-state index in [4.69, 9.17) is 9.47 Å². The maximum absolute atomic E-state index is 5.31. The fraction of sp³-hybridized carbons (Fsp3) is 0.600. The van der Waals surface area contributed by atoms with Crippen molar-refractivity contribution >= 4 is 5.82 Å². The molecule has 1 N–H and O–H groups in total. The molecular formula is C10H16N4O2. The number of hydrogen-bond donors (Lipinski definition) is 1. The zero-order valence-electron chi connectivity index (χ0n) is 9.56. The Bertz CT molecular complexity index is 353. The number of rotatable bonds is 3. The Morgan fingerprint density at radius 3 is 2.56 bits per heavy atom. The van der Waals surface area contributed by atoms with Gasteiger partial charge in [-0.3, -0.25) is 0 Å². The maximum Gasteiger partial charge on any atom is 0.262 e. The Morgan fingerprint density at radius 1 is 1.19 bits per heavy atom. The lowest BCUT2D eigenvalue weighted by molar-refractivity contribution is 0.340. The Labute approximate surface area is 94.6 Å². The highest BCUT2D eigenvalue weighted by Gasteiger charge is 2.20. The molecule has 1 saturated heterocycles. The number of ether oxygens (including phenoxy) is 2. The van der Waals surface area contributed by atoms with E-state index in [9.17, 15) is 0 Å². The summed E-state index contributed by atoms with van der Waals surface area (Å²) in [6.45, 7) is 3.73. The molecule has 1 aliphatic rings. The largest absolute Gasteiger partial charge is 0.489 e. The molecule has 0 unspecified atom stereocenters. The Balaban J connectivity index is 2.30. The fourth-order valence-corrected chi connectivity index (χ4v) is 1.77. The molecule has 2 rings (SSSR count). The van der Waals surface area contributed by atoms with Gasteiger partial charge in [0.25, 0.3) is 5.88 Å². The molecule has 0 aromatic carbocycles. The van der Waals surface area contributed by atoms with E-state index in [2.05, 4.69) is 20.2 Å². The van der Waals surface area contributed by atoms with Crippen LogP contribution in [0.4, 0.5) is 5.82 Å². The molecule has 16 heavy (non-hydrogen) atoms. The second-order valence-corrected chi connectivity index (χ2v) is 3.48. The first-order valence-electron chi connectivity index (χ1n) is 5.25. The summed E-state index contributed by atoms with van der Waals surface area (Å²) in [5.74, 6) is 1.88. The van der Waals surface area contributed by atoms with Gasteiger partial charge < -0.3 is 19.7 Å². The molecule has 1 aromatic rings. The van der Waals surface area contributed by atoms with Crippen molar-refractivity contribution in [3.63, 3.8) is 0 Å². The van der Waals surface area contributed by atoms with Crippen LogP contribution in [0.15, 0.2) is 6.33 Å². The monoisotopic (exact) mass is 224 g/mol. The Hall–Kier alpha value is -1.56. The van der Waals surface area contributed by atoms with Gasteiger partial charge in [0.2, 0.25) is 5.75 Å². The average molecular weight is 224 g/mol. The Kier molecular flexibility index (Phi) is 3.40. The van der Waals surface area contributed by atoms with Gasteiger partial charge in [0.05, 0.1) is 14.2 Å². The SMILES string of the molecule is COc1ncnc(N2CCNCC2)c1OC. The summed E-state index contributed by atoms with van der Waals surface area (Å²) in [7, 11) is 3.18. The van der Waals surface area contributed by atoms with E-state index >= 15 is 0 Å². The van der Waals surface area contributed by atoms with E-state index in [1.54, 1.807) is 14.2 Å². The molecule has 2 heterocycles. The quantitative estimate of drug-likeness (QED) is 0.774. The van der Waals surface area contributed by atoms with E-state index in [0.29, 0.717) is 11.6 Å². The summed E-state index contributed by atoms with van der Waals surface area (Å²) in [6.07, 6.45) is 1.50. The zero-order valence-corrected chi connectivity index (χ0v) is 9.56. The van der Waals surface area contributed by atoms with Crippen molar-refractivity contribution in [3.05, 3.63) is 6.33 Å². The van der Waals surface area contributed by atoms with Crippen LogP contribution in [0.1, 0.15) is 0 Å². The molecule has 0 bridgehead atoms. The number of piperazine rings is 1. The highest BCUT2D eigenvalue weighted by Crippen LogP contribution is 2.33. The van der Waals surface area contributed by atoms with Gasteiger partial charge in [-0.25, -0.2) is 4.98 Å². The lowest BCUT2D eigenvalue weighted by atomic mass is 10.3. The van der Waals surface area contributed by atoms with Crippen LogP contribution in [0.25, 0.3) is 0 Å². The highest BCUT2D eigenvalue weighted by molar-refractivity contribution is 5.57. The van der Waals surface area contributed by atoms with Crippen molar-refractivity contribution in [2.75, 3.05) is 45.3 Å². The van der Waals surface area contributed by atoms with Crippen LogP contribution in [0, 0.1) is 0 Å². The van der Waals surface area contributed by atoms with E-state index in [0.717, 1.165) is 32.0 Å². The molecule has 0 amide bonds. The molecule has 6 heteroatoms. The van der Waals surface area contributed by atoms with Crippen LogP contribution in [-0.2, 0) is 0 Å². The summed E-state index contributed by atoms with van der Waals surface area (Å²) < 4.78 is 10.5. The molecule has 0 saturated carbocycles. The lowest BCUT2D eigenvalue weighted by Gasteiger charge is -2.29. The molecule has 1 fully saturated rings. The molecule has 0 radical (unpaired) electrons. The maximum atomic E-state index is 5.31. The predicted molar refractivity (Wildman–Crippen MR) is 60.2 cm³/mol. The standard InChI is InChI=1S/C10H16N4O2/c1-15-8-9(12-7-13-10(8)16-2)14-5-3-11-4-6-14/h7,11H,3-6H2,1-2H3. The first-order valence-corrected chi connectivity index (χ1v) is 5.25. The first-order chi connectivity index (χ1) is 7.86. The molecule has 88 valence electrons. The number of hydrogen-bond acceptors (Lipinski definition) is 6. The molecule has 0 aliphatic carbocycles. The molecule has 6 nitrogen and oxygen atoms in total. The smallest absolute Gasteiger partial charge is 0.262 e. The van der Waals surface area contributed by atoms with Crippen LogP contribution in [0.5, 0.6) is 11.6 Å². The topological polar surface area (TPSA) is 59.5 Å². The average Bonchev–Trinajstić information content (AvgIpc) is 2.38. The molecular weight excluding hydrogens is 208 g/mol. The number of methoxy groups -OCH3 is 2. The van der Waals surface area contributed by atoms with Crippen molar-refractivity contribution in [3.8, 4) is 11.6 Å². The Morgan fingerprint density at radius 2 is 1.94 bits per heavy atom. The van der Waals surface area contributed by atoms with Gasteiger partial charge in [0.15, 0.2) is 5.82 Å². The van der Waals surface area contributed by atoms with Gasteiger partial charge in [-0.15, -0.1) is 0 Å². The van der Waals surface area contributed by atoms with Crippen molar-refractivity contribution in [1.29, 1.82) is 0 Å². The number of aromatic nitrogens is 2. The summed E-state index contributed by atoms with van der Waals surface area (Å²) in [5.41, 5.74) is 0. The fourth-order valence-electron chi connectivity index (χ4n) is 1.77. The van der Waals surface area contributed by atoms with Gasteiger partial charge in [0, 0.05) is 26.2 Å². The van der Waals surface area contributed by atoms with Crippen LogP contribution in [0.2, 0.25) is 0 Å². The van der Waals surface area contributed by atoms with Crippen molar-refractivity contribution in [2.45, 2.75) is 0 Å². The number of nitrogens with one attached hydrogen (secondary N) is 1. The van der Waals surface area contributed by atoms with Crippen LogP contribution >= 0.6 is 0 Å². The van der Waals surface area contributed by atoms with Gasteiger partial charge in [-0.05, 0) is 0 Å². The van der Waals surface area contributed by atoms with E-state index in [1.807, 2.05) is 0 Å². The van der Waals surface area contributed by atoms with Gasteiger partial charge >= 0.3 is 0 Å². The lowest BCUT2D eigenvalue weighted by Crippen LogP contribution is -2.44. The highest BCUT2D eigenvalue weighted by atomic mass is 16.5. The summed E-state index contributed by atoms with van der Waals surface area (Å²) >= 11 is 0. The molecule has 0 spiro atoms. The van der Waals surface area contributed by atoms with Crippen molar-refractivity contribution in [1.82, 2.24) is 15.3 Å².